The zero-order chi connectivity index (χ0) is 18.7. The van der Waals surface area contributed by atoms with Crippen LogP contribution in [0.3, 0.4) is 0 Å². The third kappa shape index (κ3) is 4.09. The monoisotopic (exact) mass is 363 g/mol. The van der Waals surface area contributed by atoms with Crippen molar-refractivity contribution < 1.29 is 23.9 Å². The summed E-state index contributed by atoms with van der Waals surface area (Å²) in [6.45, 7) is 4.83. The molecule has 2 rings (SSSR count). The van der Waals surface area contributed by atoms with Gasteiger partial charge in [0.1, 0.15) is 5.75 Å². The lowest BCUT2D eigenvalue weighted by Crippen LogP contribution is -2.15. The van der Waals surface area contributed by atoms with E-state index < -0.39 is 11.9 Å². The molecule has 7 heteroatoms. The van der Waals surface area contributed by atoms with Crippen molar-refractivity contribution in [1.29, 1.82) is 0 Å². The number of benzene rings is 1. The molecule has 0 saturated heterocycles. The summed E-state index contributed by atoms with van der Waals surface area (Å²) in [6.07, 6.45) is -0.233. The van der Waals surface area contributed by atoms with Crippen LogP contribution in [0, 0.1) is 13.8 Å². The fraction of sp³-hybridized carbons (Fsp3) is 0.278. The van der Waals surface area contributed by atoms with Crippen LogP contribution in [0.2, 0.25) is 5.02 Å². The molecule has 0 unspecified atom stereocenters. The van der Waals surface area contributed by atoms with Gasteiger partial charge in [-0.2, -0.15) is 0 Å². The second-order valence-electron chi connectivity index (χ2n) is 5.61. The fourth-order valence-corrected chi connectivity index (χ4v) is 2.67. The van der Waals surface area contributed by atoms with Gasteiger partial charge < -0.3 is 14.5 Å². The third-order valence-electron chi connectivity index (χ3n) is 3.70. The Hall–Kier alpha value is -2.60. The summed E-state index contributed by atoms with van der Waals surface area (Å²) in [5, 5.41) is 0.305. The van der Waals surface area contributed by atoms with Crippen LogP contribution in [0.25, 0.3) is 0 Å². The Bertz CT molecular complexity index is 853. The second-order valence-corrected chi connectivity index (χ2v) is 6.02. The Balaban J connectivity index is 2.31. The van der Waals surface area contributed by atoms with Crippen molar-refractivity contribution in [2.45, 2.75) is 27.2 Å². The molecule has 0 fully saturated rings. The molecule has 25 heavy (non-hydrogen) atoms. The maximum atomic E-state index is 12.3. The van der Waals surface area contributed by atoms with Crippen LogP contribution < -0.4 is 4.74 Å². The van der Waals surface area contributed by atoms with Gasteiger partial charge in [-0.25, -0.2) is 4.79 Å². The number of hydrogen-bond acceptors (Lipinski definition) is 5. The molecule has 0 radical (unpaired) electrons. The summed E-state index contributed by atoms with van der Waals surface area (Å²) in [5.74, 6) is -1.25. The molecule has 1 aromatic carbocycles. The topological polar surface area (TPSA) is 85.5 Å². The number of Topliss-reactive ketones (excluding diaryl/α,β-unsaturated/α-hetero) is 1. The Morgan fingerprint density at radius 2 is 1.88 bits per heavy atom. The highest BCUT2D eigenvalue weighted by atomic mass is 35.5. The van der Waals surface area contributed by atoms with Crippen LogP contribution in [0.5, 0.6) is 5.75 Å². The highest BCUT2D eigenvalue weighted by Gasteiger charge is 2.25. The number of carbonyl (C=O) groups is 3. The first-order valence-electron chi connectivity index (χ1n) is 7.52. The summed E-state index contributed by atoms with van der Waals surface area (Å²) in [7, 11) is 1.23. The second kappa shape index (κ2) is 7.53. The molecule has 132 valence electrons. The van der Waals surface area contributed by atoms with Crippen LogP contribution >= 0.6 is 11.6 Å². The molecular weight excluding hydrogens is 346 g/mol. The first-order chi connectivity index (χ1) is 11.7. The lowest BCUT2D eigenvalue weighted by atomic mass is 10.1. The molecule has 1 N–H and O–H groups in total. The van der Waals surface area contributed by atoms with E-state index in [1.165, 1.54) is 14.0 Å². The Labute approximate surface area is 150 Å². The normalized spacial score (nSPS) is 10.4. The molecule has 1 heterocycles. The predicted octanol–water partition coefficient (Wildman–Crippen LogP) is 3.42. The van der Waals surface area contributed by atoms with Gasteiger partial charge in [0, 0.05) is 12.6 Å². The van der Waals surface area contributed by atoms with Gasteiger partial charge in [-0.05, 0) is 37.1 Å². The summed E-state index contributed by atoms with van der Waals surface area (Å²) < 4.78 is 10.0. The minimum absolute atomic E-state index is 0.167. The van der Waals surface area contributed by atoms with Crippen molar-refractivity contribution in [3.63, 3.8) is 0 Å². The van der Waals surface area contributed by atoms with Gasteiger partial charge in [0.2, 0.25) is 0 Å². The maximum absolute atomic E-state index is 12.3. The summed E-state index contributed by atoms with van der Waals surface area (Å²) >= 11 is 6.01. The number of halogens is 1. The van der Waals surface area contributed by atoms with E-state index in [0.29, 0.717) is 10.6 Å². The van der Waals surface area contributed by atoms with Crippen molar-refractivity contribution in [3.8, 4) is 5.75 Å². The molecule has 0 atom stereocenters. The van der Waals surface area contributed by atoms with Gasteiger partial charge in [-0.1, -0.05) is 17.7 Å². The molecule has 6 nitrogen and oxygen atoms in total. The number of H-pyrrole nitrogens is 1. The lowest BCUT2D eigenvalue weighted by molar-refractivity contribution is -0.133. The van der Waals surface area contributed by atoms with Crippen LogP contribution in [0.4, 0.5) is 0 Å². The molecule has 0 spiro atoms. The molecule has 0 bridgehead atoms. The molecule has 2 aromatic rings. The maximum Gasteiger partial charge on any atom is 0.339 e. The van der Waals surface area contributed by atoms with Crippen LogP contribution in [-0.2, 0) is 16.0 Å². The van der Waals surface area contributed by atoms with Crippen molar-refractivity contribution in [2.24, 2.45) is 0 Å². The van der Waals surface area contributed by atoms with Crippen LogP contribution in [0.1, 0.15) is 44.6 Å². The third-order valence-corrected chi connectivity index (χ3v) is 4.01. The predicted molar refractivity (Wildman–Crippen MR) is 92.4 cm³/mol. The number of hydrogen-bond donors (Lipinski definition) is 1. The minimum Gasteiger partial charge on any atom is -0.465 e. The van der Waals surface area contributed by atoms with Gasteiger partial charge in [0.05, 0.1) is 29.8 Å². The molecule has 1 aromatic heterocycles. The molecule has 0 aliphatic rings. The molecule has 0 aliphatic carbocycles. The lowest BCUT2D eigenvalue weighted by Gasteiger charge is -2.07. The van der Waals surface area contributed by atoms with Gasteiger partial charge in [0.25, 0.3) is 0 Å². The number of esters is 2. The highest BCUT2D eigenvalue weighted by Crippen LogP contribution is 2.26. The van der Waals surface area contributed by atoms with E-state index >= 15 is 0 Å². The van der Waals surface area contributed by atoms with Crippen molar-refractivity contribution >= 4 is 29.3 Å². The van der Waals surface area contributed by atoms with Gasteiger partial charge in [-0.3, -0.25) is 9.59 Å². The summed E-state index contributed by atoms with van der Waals surface area (Å²) in [5.41, 5.74) is 2.02. The number of nitrogens with one attached hydrogen (secondary N) is 1. The molecule has 0 aliphatic heterocycles. The van der Waals surface area contributed by atoms with E-state index in [-0.39, 0.29) is 34.9 Å². The number of rotatable bonds is 5. The first kappa shape index (κ1) is 18.7. The van der Waals surface area contributed by atoms with Crippen LogP contribution in [-0.4, -0.2) is 29.8 Å². The van der Waals surface area contributed by atoms with Crippen molar-refractivity contribution in [1.82, 2.24) is 4.98 Å². The van der Waals surface area contributed by atoms with Crippen LogP contribution in [0.15, 0.2) is 18.2 Å². The summed E-state index contributed by atoms with van der Waals surface area (Å²) in [4.78, 5) is 38.8. The number of methoxy groups -OCH3 is 1. The largest absolute Gasteiger partial charge is 0.465 e. The van der Waals surface area contributed by atoms with Gasteiger partial charge >= 0.3 is 11.9 Å². The number of aromatic amines is 1. The standard InChI is InChI=1S/C18H18ClNO5/c1-9-5-6-12(19)14(7-9)25-15(22)8-13-16(18(23)24-4)10(2)17(20-13)11(3)21/h5-7,20H,8H2,1-4H3. The van der Waals surface area contributed by atoms with E-state index in [0.717, 1.165) is 5.56 Å². The van der Waals surface area contributed by atoms with E-state index in [1.807, 2.05) is 6.92 Å². The molecule has 0 saturated carbocycles. The van der Waals surface area contributed by atoms with Crippen molar-refractivity contribution in [2.75, 3.05) is 7.11 Å². The van der Waals surface area contributed by atoms with Gasteiger partial charge in [-0.15, -0.1) is 0 Å². The SMILES string of the molecule is COC(=O)c1c(CC(=O)Oc2cc(C)ccc2Cl)[nH]c(C(C)=O)c1C. The highest BCUT2D eigenvalue weighted by molar-refractivity contribution is 6.32. The average molecular weight is 364 g/mol. The number of ketones is 1. The zero-order valence-electron chi connectivity index (χ0n) is 14.4. The smallest absolute Gasteiger partial charge is 0.339 e. The van der Waals surface area contributed by atoms with Gasteiger partial charge in [0.15, 0.2) is 5.78 Å². The van der Waals surface area contributed by atoms with E-state index in [1.54, 1.807) is 25.1 Å². The number of ether oxygens (including phenoxy) is 2. The average Bonchev–Trinajstić information content (AvgIpc) is 2.86. The van der Waals surface area contributed by atoms with Crippen molar-refractivity contribution in [3.05, 3.63) is 51.3 Å². The number of carbonyl (C=O) groups excluding carboxylic acids is 3. The summed E-state index contributed by atoms with van der Waals surface area (Å²) in [6, 6.07) is 5.07. The first-order valence-corrected chi connectivity index (χ1v) is 7.90. The molecule has 0 amide bonds. The zero-order valence-corrected chi connectivity index (χ0v) is 15.1. The quantitative estimate of drug-likeness (QED) is 0.499. The fourth-order valence-electron chi connectivity index (χ4n) is 2.51. The molecular formula is C18H18ClNO5. The number of aryl methyl sites for hydroxylation is 1. The Kier molecular flexibility index (Phi) is 5.64. The van der Waals surface area contributed by atoms with E-state index in [9.17, 15) is 14.4 Å². The van der Waals surface area contributed by atoms with E-state index in [2.05, 4.69) is 4.98 Å². The Morgan fingerprint density at radius 1 is 1.20 bits per heavy atom. The minimum atomic E-state index is -0.627. The Morgan fingerprint density at radius 3 is 2.48 bits per heavy atom. The van der Waals surface area contributed by atoms with E-state index in [4.69, 9.17) is 21.1 Å². The number of aromatic nitrogens is 1.